The third kappa shape index (κ3) is 13.0. The zero-order chi connectivity index (χ0) is 55.1. The highest BCUT2D eigenvalue weighted by molar-refractivity contribution is 7.13. The number of carbonyl (C=O) groups excluding carboxylic acids is 5. The quantitative estimate of drug-likeness (QED) is 0.0643. The third-order valence-corrected chi connectivity index (χ3v) is 14.9. The van der Waals surface area contributed by atoms with Gasteiger partial charge in [0.25, 0.3) is 0 Å². The summed E-state index contributed by atoms with van der Waals surface area (Å²) >= 11 is 1.55. The van der Waals surface area contributed by atoms with Crippen molar-refractivity contribution in [3.63, 3.8) is 0 Å². The normalized spacial score (nSPS) is 18.9. The van der Waals surface area contributed by atoms with Gasteiger partial charge in [0.05, 0.1) is 70.8 Å². The molecule has 0 radical (unpaired) electrons. The van der Waals surface area contributed by atoms with Gasteiger partial charge in [0.15, 0.2) is 5.69 Å². The molecule has 3 aliphatic rings. The Kier molecular flexibility index (Phi) is 18.5. The summed E-state index contributed by atoms with van der Waals surface area (Å²) in [5.74, 6) is -1.07. The number of rotatable bonds is 17. The van der Waals surface area contributed by atoms with Gasteiger partial charge in [-0.25, -0.2) is 14.8 Å². The maximum absolute atomic E-state index is 14.1. The lowest BCUT2D eigenvalue weighted by Gasteiger charge is -2.35. The number of hydrogen-bond acceptors (Lipinski definition) is 12. The van der Waals surface area contributed by atoms with Crippen molar-refractivity contribution in [1.82, 2.24) is 45.2 Å². The Hall–Kier alpha value is -6.98. The molecule has 5 heterocycles. The van der Waals surface area contributed by atoms with E-state index in [-0.39, 0.29) is 92.3 Å². The minimum absolute atomic E-state index is 0.00691. The molecule has 19 heteroatoms. The number of β-amino-alcohol motifs (C(OH)–C–C–N with tert-alkyl or cyclic N) is 2. The summed E-state index contributed by atoms with van der Waals surface area (Å²) in [5.41, 5.74) is 8.81. The minimum atomic E-state index is -0.897. The number of nitrogens with one attached hydrogen (secondary N) is 3. The second kappa shape index (κ2) is 24.8. The lowest BCUT2D eigenvalue weighted by Crippen LogP contribution is -2.55. The molecule has 0 aliphatic carbocycles. The number of carbonyl (C=O) groups is 5. The molecular formula is C57H72N10O8S. The van der Waals surface area contributed by atoms with Crippen molar-refractivity contribution in [3.05, 3.63) is 118 Å². The SMILES string of the molecule is CC(C)N[C@H](C(=O)N1C[C@H](O)C[C@H]1C(=O)NCc1ccc(-c2cncn2C)cc1)C(C)C.[C-]#[N+]c1cccc2c1C(=O)N([C@H](C(=O)N1C[C@H](O)C[C@H]1C(=O)NCc1ccc(-c3scnc3C)cc1OC(C)C)C(C)C)C2. The minimum Gasteiger partial charge on any atom is -0.491 e. The Bertz CT molecular complexity index is 2930. The summed E-state index contributed by atoms with van der Waals surface area (Å²) in [7, 11) is 1.94. The van der Waals surface area contributed by atoms with Crippen molar-refractivity contribution >= 4 is 46.6 Å². The summed E-state index contributed by atoms with van der Waals surface area (Å²) in [6, 6.07) is 16.2. The van der Waals surface area contributed by atoms with E-state index in [1.165, 1.54) is 14.7 Å². The number of aromatic nitrogens is 3. The molecule has 0 unspecified atom stereocenters. The van der Waals surface area contributed by atoms with E-state index in [2.05, 4.69) is 30.8 Å². The second-order valence-electron chi connectivity index (χ2n) is 21.2. The summed E-state index contributed by atoms with van der Waals surface area (Å²) in [4.78, 5) is 84.7. The number of likely N-dealkylation sites (tertiary alicyclic amines) is 2. The van der Waals surface area contributed by atoms with Crippen LogP contribution >= 0.6 is 11.3 Å². The molecule has 0 bridgehead atoms. The molecule has 0 saturated carbocycles. The molecule has 0 spiro atoms. The average Bonchev–Trinajstić information content (AvgIpc) is 4.25. The number of imidazole rings is 1. The lowest BCUT2D eigenvalue weighted by molar-refractivity contribution is -0.143. The first-order valence-corrected chi connectivity index (χ1v) is 26.9. The van der Waals surface area contributed by atoms with Crippen LogP contribution in [0.5, 0.6) is 5.75 Å². The van der Waals surface area contributed by atoms with E-state index in [0.29, 0.717) is 23.4 Å². The Morgan fingerprint density at radius 3 is 2.03 bits per heavy atom. The molecule has 404 valence electrons. The number of benzene rings is 3. The highest BCUT2D eigenvalue weighted by Gasteiger charge is 2.47. The van der Waals surface area contributed by atoms with Gasteiger partial charge in [0.2, 0.25) is 29.5 Å². The van der Waals surface area contributed by atoms with Crippen molar-refractivity contribution < 1.29 is 38.9 Å². The number of nitrogens with zero attached hydrogens (tertiary/aromatic N) is 7. The first-order chi connectivity index (χ1) is 36.2. The summed E-state index contributed by atoms with van der Waals surface area (Å²) in [5, 5.41) is 30.0. The number of aliphatic hydroxyl groups is 2. The summed E-state index contributed by atoms with van der Waals surface area (Å²) in [6.07, 6.45) is 2.27. The van der Waals surface area contributed by atoms with Gasteiger partial charge in [-0.2, -0.15) is 0 Å². The van der Waals surface area contributed by atoms with E-state index in [4.69, 9.17) is 11.3 Å². The smallest absolute Gasteiger partial charge is 0.246 e. The summed E-state index contributed by atoms with van der Waals surface area (Å²) < 4.78 is 8.05. The third-order valence-electron chi connectivity index (χ3n) is 13.9. The topological polar surface area (TPSA) is 216 Å². The van der Waals surface area contributed by atoms with Crippen molar-refractivity contribution in [1.29, 1.82) is 0 Å². The predicted molar refractivity (Wildman–Crippen MR) is 291 cm³/mol. The van der Waals surface area contributed by atoms with Gasteiger partial charge in [-0.05, 0) is 60.9 Å². The van der Waals surface area contributed by atoms with Crippen LogP contribution in [0, 0.1) is 25.3 Å². The number of hydrogen-bond donors (Lipinski definition) is 5. The van der Waals surface area contributed by atoms with Crippen LogP contribution in [0.4, 0.5) is 5.69 Å². The molecule has 2 aromatic heterocycles. The van der Waals surface area contributed by atoms with Crippen LogP contribution in [0.1, 0.15) is 101 Å². The fraction of sp³-hybridized carbons (Fsp3) is 0.474. The predicted octanol–water partition coefficient (Wildman–Crippen LogP) is 6.40. The van der Waals surface area contributed by atoms with Gasteiger partial charge in [-0.15, -0.1) is 11.3 Å². The highest BCUT2D eigenvalue weighted by Crippen LogP contribution is 2.36. The monoisotopic (exact) mass is 1060 g/mol. The molecule has 2 saturated heterocycles. The van der Waals surface area contributed by atoms with Crippen LogP contribution < -0.4 is 20.7 Å². The van der Waals surface area contributed by atoms with Gasteiger partial charge < -0.3 is 50.2 Å². The molecule has 5 aromatic rings. The Morgan fingerprint density at radius 2 is 1.47 bits per heavy atom. The van der Waals surface area contributed by atoms with Crippen LogP contribution in [0.25, 0.3) is 26.5 Å². The molecule has 6 atom stereocenters. The largest absolute Gasteiger partial charge is 0.491 e. The molecule has 8 rings (SSSR count). The molecule has 3 aromatic carbocycles. The van der Waals surface area contributed by atoms with E-state index in [1.807, 2.05) is 123 Å². The Morgan fingerprint density at radius 1 is 0.842 bits per heavy atom. The molecule has 2 fully saturated rings. The van der Waals surface area contributed by atoms with Crippen LogP contribution in [-0.2, 0) is 45.9 Å². The molecular weight excluding hydrogens is 985 g/mol. The van der Waals surface area contributed by atoms with Crippen LogP contribution in [0.15, 0.2) is 78.7 Å². The first kappa shape index (κ1) is 56.7. The van der Waals surface area contributed by atoms with Crippen molar-refractivity contribution in [3.8, 4) is 27.4 Å². The first-order valence-electron chi connectivity index (χ1n) is 26.0. The van der Waals surface area contributed by atoms with Crippen molar-refractivity contribution in [2.45, 2.75) is 143 Å². The Labute approximate surface area is 449 Å². The van der Waals surface area contributed by atoms with Crippen LogP contribution in [0.3, 0.4) is 0 Å². The van der Waals surface area contributed by atoms with Gasteiger partial charge in [0.1, 0.15) is 23.9 Å². The lowest BCUT2D eigenvalue weighted by atomic mass is 10.00. The average molecular weight is 1060 g/mol. The maximum Gasteiger partial charge on any atom is 0.246 e. The molecule has 3 aliphatic heterocycles. The molecule has 76 heavy (non-hydrogen) atoms. The zero-order valence-corrected chi connectivity index (χ0v) is 45.9. The fourth-order valence-corrected chi connectivity index (χ4v) is 11.0. The van der Waals surface area contributed by atoms with E-state index in [0.717, 1.165) is 38.5 Å². The number of aryl methyl sites for hydroxylation is 2. The van der Waals surface area contributed by atoms with Gasteiger partial charge in [0, 0.05) is 64.2 Å². The van der Waals surface area contributed by atoms with Crippen LogP contribution in [-0.4, -0.2) is 131 Å². The van der Waals surface area contributed by atoms with E-state index in [1.54, 1.807) is 41.4 Å². The summed E-state index contributed by atoms with van der Waals surface area (Å²) in [6.45, 7) is 25.9. The standard InChI is InChI=1S/C33H37N5O5S.C24H35N5O3/c1-18(2)29(38-15-23-8-7-9-25(34-6)28(23)32(38)41)33(42)37-16-24(39)13-26(37)31(40)35-14-22-11-10-21(12-27(22)43-19(3)4)30-20(5)36-17-44-30;1-15(2)22(27-16(3)4)24(32)29-13-19(30)10-20(29)23(31)26-11-17-6-8-18(9-7-17)21-12-25-14-28(21)5/h7-12,17-19,24,26,29,39H,13-16H2,1-5H3,(H,35,40);6-9,12,14-16,19-20,22,27,30H,10-11,13H2,1-5H3,(H,26,31)/t24-,26+,29+;19-,20+,22+/m11/s1. The molecule has 5 amide bonds. The fourth-order valence-electron chi connectivity index (χ4n) is 10.1. The van der Waals surface area contributed by atoms with E-state index >= 15 is 0 Å². The van der Waals surface area contributed by atoms with Crippen molar-refractivity contribution in [2.75, 3.05) is 13.1 Å². The van der Waals surface area contributed by atoms with Gasteiger partial charge in [-0.1, -0.05) is 96.1 Å². The zero-order valence-electron chi connectivity index (χ0n) is 45.1. The number of amides is 5. The number of aliphatic hydroxyl groups excluding tert-OH is 2. The second-order valence-corrected chi connectivity index (χ2v) is 22.0. The van der Waals surface area contributed by atoms with Crippen molar-refractivity contribution in [2.24, 2.45) is 18.9 Å². The Balaban J connectivity index is 0.000000233. The van der Waals surface area contributed by atoms with E-state index in [9.17, 15) is 34.2 Å². The number of thiazole rings is 1. The van der Waals surface area contributed by atoms with Crippen LogP contribution in [0.2, 0.25) is 0 Å². The van der Waals surface area contributed by atoms with Gasteiger partial charge in [-0.3, -0.25) is 24.0 Å². The van der Waals surface area contributed by atoms with Gasteiger partial charge >= 0.3 is 0 Å². The maximum atomic E-state index is 14.1. The van der Waals surface area contributed by atoms with E-state index < -0.39 is 42.3 Å². The number of ether oxygens (including phenoxy) is 1. The molecule has 5 N–H and O–H groups in total. The number of fused-ring (bicyclic) bond motifs is 1. The highest BCUT2D eigenvalue weighted by atomic mass is 32.1. The molecule has 18 nitrogen and oxygen atoms in total.